The summed E-state index contributed by atoms with van der Waals surface area (Å²) in [5, 5.41) is 6.66. The van der Waals surface area contributed by atoms with Gasteiger partial charge in [-0.15, -0.1) is 24.0 Å². The van der Waals surface area contributed by atoms with Gasteiger partial charge in [0, 0.05) is 32.6 Å². The predicted octanol–water partition coefficient (Wildman–Crippen LogP) is 2.53. The standard InChI is InChI=1S/C25H32N4O3.HI/c1-2-26-25(28-11-8-16-4-7-20-17(14-16)9-13-32-20)27-10-3-12-29-23(30)21-18-5-6-19(15-18)22(21)24(29)31;/h4-7,14,18-19,21-22H,2-3,8-13,15H2,1H3,(H2,26,27,28);1H. The van der Waals surface area contributed by atoms with Gasteiger partial charge in [0.1, 0.15) is 5.75 Å². The lowest BCUT2D eigenvalue weighted by atomic mass is 9.85. The number of amides is 2. The topological polar surface area (TPSA) is 83.0 Å². The number of aliphatic imine (C=N–C) groups is 1. The Labute approximate surface area is 212 Å². The molecule has 4 aliphatic rings. The number of carbonyl (C=O) groups excluding carboxylic acids is 2. The number of benzene rings is 1. The van der Waals surface area contributed by atoms with Crippen LogP contribution in [0.15, 0.2) is 35.3 Å². The highest BCUT2D eigenvalue weighted by Crippen LogP contribution is 2.52. The normalized spacial score (nSPS) is 26.8. The molecule has 2 N–H and O–H groups in total. The van der Waals surface area contributed by atoms with Gasteiger partial charge >= 0.3 is 0 Å². The molecule has 2 amide bonds. The van der Waals surface area contributed by atoms with Crippen molar-refractivity contribution in [3.63, 3.8) is 0 Å². The van der Waals surface area contributed by atoms with Crippen molar-refractivity contribution in [2.24, 2.45) is 28.7 Å². The van der Waals surface area contributed by atoms with Crippen LogP contribution in [0.3, 0.4) is 0 Å². The second-order valence-electron chi connectivity index (χ2n) is 9.16. The number of allylic oxidation sites excluding steroid dienone is 2. The van der Waals surface area contributed by atoms with Crippen molar-refractivity contribution in [1.82, 2.24) is 15.5 Å². The van der Waals surface area contributed by atoms with Gasteiger partial charge in [-0.25, -0.2) is 0 Å². The first kappa shape index (κ1) is 24.0. The number of fused-ring (bicyclic) bond motifs is 6. The number of hydrogen-bond donors (Lipinski definition) is 2. The molecule has 1 saturated heterocycles. The maximum atomic E-state index is 12.8. The van der Waals surface area contributed by atoms with Crippen molar-refractivity contribution in [2.45, 2.75) is 32.6 Å². The largest absolute Gasteiger partial charge is 0.493 e. The van der Waals surface area contributed by atoms with Crippen LogP contribution in [-0.4, -0.2) is 55.5 Å². The van der Waals surface area contributed by atoms with Crippen molar-refractivity contribution in [2.75, 3.05) is 32.8 Å². The number of imide groups is 1. The molecule has 2 aliphatic heterocycles. The Morgan fingerprint density at radius 3 is 2.64 bits per heavy atom. The van der Waals surface area contributed by atoms with Gasteiger partial charge in [-0.05, 0) is 55.2 Å². The maximum Gasteiger partial charge on any atom is 0.233 e. The van der Waals surface area contributed by atoms with Crippen molar-refractivity contribution in [1.29, 1.82) is 0 Å². The first-order valence-electron chi connectivity index (χ1n) is 12.0. The Kier molecular flexibility index (Phi) is 7.61. The molecule has 4 unspecified atom stereocenters. The molecule has 1 aromatic carbocycles. The zero-order valence-corrected chi connectivity index (χ0v) is 21.4. The molecule has 2 bridgehead atoms. The van der Waals surface area contributed by atoms with Gasteiger partial charge in [0.25, 0.3) is 0 Å². The monoisotopic (exact) mass is 564 g/mol. The molecule has 1 saturated carbocycles. The van der Waals surface area contributed by atoms with E-state index in [1.807, 2.05) is 6.92 Å². The number of halogens is 1. The van der Waals surface area contributed by atoms with Crippen molar-refractivity contribution >= 4 is 41.8 Å². The van der Waals surface area contributed by atoms with Gasteiger partial charge in [-0.1, -0.05) is 24.3 Å². The molecule has 2 fully saturated rings. The molecular formula is C25H33IN4O3. The van der Waals surface area contributed by atoms with Gasteiger partial charge in [0.2, 0.25) is 11.8 Å². The smallest absolute Gasteiger partial charge is 0.233 e. The minimum absolute atomic E-state index is 0. The third kappa shape index (κ3) is 4.76. The number of nitrogens with zero attached hydrogens (tertiary/aromatic N) is 2. The zero-order valence-electron chi connectivity index (χ0n) is 19.1. The second kappa shape index (κ2) is 10.4. The van der Waals surface area contributed by atoms with Crippen molar-refractivity contribution < 1.29 is 14.3 Å². The molecule has 4 atom stereocenters. The molecular weight excluding hydrogens is 531 g/mol. The number of guanidine groups is 1. The van der Waals surface area contributed by atoms with Gasteiger partial charge < -0.3 is 15.4 Å². The summed E-state index contributed by atoms with van der Waals surface area (Å²) in [5.41, 5.74) is 2.58. The molecule has 5 rings (SSSR count). The van der Waals surface area contributed by atoms with Crippen LogP contribution in [-0.2, 0) is 22.4 Å². The summed E-state index contributed by atoms with van der Waals surface area (Å²) in [6.07, 6.45) is 7.82. The van der Waals surface area contributed by atoms with Crippen molar-refractivity contribution in [3.8, 4) is 5.75 Å². The van der Waals surface area contributed by atoms with Gasteiger partial charge in [0.15, 0.2) is 5.96 Å². The Bertz CT molecular complexity index is 933. The molecule has 0 radical (unpaired) electrons. The highest BCUT2D eigenvalue weighted by Gasteiger charge is 2.58. The average molecular weight is 564 g/mol. The van der Waals surface area contributed by atoms with E-state index in [1.165, 1.54) is 16.0 Å². The number of rotatable bonds is 8. The fraction of sp³-hybridized carbons (Fsp3) is 0.560. The number of nitrogens with one attached hydrogen (secondary N) is 2. The van der Waals surface area contributed by atoms with Crippen LogP contribution in [0.1, 0.15) is 30.9 Å². The van der Waals surface area contributed by atoms with E-state index in [0.29, 0.717) is 19.5 Å². The molecule has 7 nitrogen and oxygen atoms in total. The number of hydrogen-bond acceptors (Lipinski definition) is 4. The van der Waals surface area contributed by atoms with E-state index in [1.54, 1.807) is 0 Å². The first-order chi connectivity index (χ1) is 15.7. The summed E-state index contributed by atoms with van der Waals surface area (Å²) >= 11 is 0. The van der Waals surface area contributed by atoms with E-state index in [-0.39, 0.29) is 59.5 Å². The summed E-state index contributed by atoms with van der Waals surface area (Å²) in [4.78, 5) is 31.7. The summed E-state index contributed by atoms with van der Waals surface area (Å²) in [6, 6.07) is 6.42. The van der Waals surface area contributed by atoms with Crippen LogP contribution in [0.25, 0.3) is 0 Å². The minimum atomic E-state index is -0.106. The van der Waals surface area contributed by atoms with Crippen LogP contribution in [0.5, 0.6) is 5.75 Å². The van der Waals surface area contributed by atoms with E-state index in [0.717, 1.165) is 50.7 Å². The number of carbonyl (C=O) groups is 2. The van der Waals surface area contributed by atoms with Crippen LogP contribution >= 0.6 is 24.0 Å². The minimum Gasteiger partial charge on any atom is -0.493 e. The van der Waals surface area contributed by atoms with Gasteiger partial charge in [-0.2, -0.15) is 0 Å². The van der Waals surface area contributed by atoms with E-state index in [4.69, 9.17) is 4.74 Å². The summed E-state index contributed by atoms with van der Waals surface area (Å²) < 4.78 is 5.57. The lowest BCUT2D eigenvalue weighted by Crippen LogP contribution is -2.38. The molecule has 1 aromatic rings. The van der Waals surface area contributed by atoms with Crippen LogP contribution in [0.4, 0.5) is 0 Å². The highest BCUT2D eigenvalue weighted by molar-refractivity contribution is 14.0. The highest BCUT2D eigenvalue weighted by atomic mass is 127. The van der Waals surface area contributed by atoms with E-state index in [2.05, 4.69) is 46.0 Å². The third-order valence-corrected chi connectivity index (χ3v) is 7.18. The number of ether oxygens (including phenoxy) is 1. The lowest BCUT2D eigenvalue weighted by molar-refractivity contribution is -0.140. The Morgan fingerprint density at radius 2 is 1.91 bits per heavy atom. The predicted molar refractivity (Wildman–Crippen MR) is 138 cm³/mol. The summed E-state index contributed by atoms with van der Waals surface area (Å²) in [7, 11) is 0. The van der Waals surface area contributed by atoms with Crippen molar-refractivity contribution in [3.05, 3.63) is 41.5 Å². The second-order valence-corrected chi connectivity index (χ2v) is 9.16. The summed E-state index contributed by atoms with van der Waals surface area (Å²) in [6.45, 7) is 5.42. The fourth-order valence-corrected chi connectivity index (χ4v) is 5.67. The lowest BCUT2D eigenvalue weighted by Gasteiger charge is -2.17. The van der Waals surface area contributed by atoms with Crippen LogP contribution < -0.4 is 15.4 Å². The average Bonchev–Trinajstić information content (AvgIpc) is 3.56. The van der Waals surface area contributed by atoms with Gasteiger partial charge in [0.05, 0.1) is 18.4 Å². The van der Waals surface area contributed by atoms with E-state index >= 15 is 0 Å². The maximum absolute atomic E-state index is 12.8. The molecule has 178 valence electrons. The summed E-state index contributed by atoms with van der Waals surface area (Å²) in [5.74, 6) is 2.18. The van der Waals surface area contributed by atoms with Gasteiger partial charge in [-0.3, -0.25) is 19.5 Å². The molecule has 0 aromatic heterocycles. The molecule has 2 heterocycles. The zero-order chi connectivity index (χ0) is 22.1. The quantitative estimate of drug-likeness (QED) is 0.127. The van der Waals surface area contributed by atoms with Crippen LogP contribution in [0.2, 0.25) is 0 Å². The third-order valence-electron chi connectivity index (χ3n) is 7.18. The Balaban J connectivity index is 0.00000259. The Morgan fingerprint density at radius 1 is 1.15 bits per heavy atom. The SMILES string of the molecule is CCNC(=NCCCN1C(=O)C2C3C=CC(C3)C2C1=O)NCCc1ccc2c(c1)CCO2.I. The fourth-order valence-electron chi connectivity index (χ4n) is 5.67. The van der Waals surface area contributed by atoms with Crippen LogP contribution in [0, 0.1) is 23.7 Å². The van der Waals surface area contributed by atoms with E-state index in [9.17, 15) is 9.59 Å². The molecule has 8 heteroatoms. The molecule has 0 spiro atoms. The molecule has 33 heavy (non-hydrogen) atoms. The molecule has 2 aliphatic carbocycles. The first-order valence-corrected chi connectivity index (χ1v) is 12.0. The van der Waals surface area contributed by atoms with E-state index < -0.39 is 0 Å². The number of likely N-dealkylation sites (tertiary alicyclic amines) is 1. The Hall–Kier alpha value is -2.10.